The van der Waals surface area contributed by atoms with Gasteiger partial charge in [-0.2, -0.15) is 26.3 Å². The van der Waals surface area contributed by atoms with Gasteiger partial charge in [0.2, 0.25) is 0 Å². The van der Waals surface area contributed by atoms with Gasteiger partial charge < -0.3 is 15.6 Å². The Labute approximate surface area is 174 Å². The third-order valence-corrected chi connectivity index (χ3v) is 4.45. The molecule has 0 aromatic heterocycles. The quantitative estimate of drug-likeness (QED) is 0.537. The highest BCUT2D eigenvalue weighted by Gasteiger charge is 2.31. The summed E-state index contributed by atoms with van der Waals surface area (Å²) < 4.78 is 95.3. The molecule has 0 aliphatic carbocycles. The van der Waals surface area contributed by atoms with E-state index in [1.807, 2.05) is 0 Å². The topological polar surface area (TPSA) is 55.5 Å². The highest BCUT2D eigenvalue weighted by Crippen LogP contribution is 2.28. The van der Waals surface area contributed by atoms with Gasteiger partial charge in [-0.05, 0) is 47.4 Å². The zero-order valence-electron chi connectivity index (χ0n) is 16.4. The Morgan fingerprint density at radius 1 is 0.839 bits per heavy atom. The molecule has 3 nitrogen and oxygen atoms in total. The van der Waals surface area contributed by atoms with Crippen molar-refractivity contribution in [2.45, 2.75) is 43.8 Å². The van der Waals surface area contributed by atoms with Gasteiger partial charge in [-0.1, -0.05) is 30.3 Å². The van der Waals surface area contributed by atoms with Crippen LogP contribution in [0.25, 0.3) is 0 Å². The summed E-state index contributed by atoms with van der Waals surface area (Å²) in [6, 6.07) is 8.21. The van der Waals surface area contributed by atoms with Crippen LogP contribution in [0.3, 0.4) is 0 Å². The second-order valence-corrected chi connectivity index (χ2v) is 7.32. The Morgan fingerprint density at radius 2 is 1.39 bits per heavy atom. The van der Waals surface area contributed by atoms with Crippen molar-refractivity contribution in [3.05, 3.63) is 70.5 Å². The average molecular weight is 453 g/mol. The van der Waals surface area contributed by atoms with Crippen LogP contribution < -0.4 is 5.73 Å². The molecular formula is C21H22F7NO2. The zero-order chi connectivity index (χ0) is 23.3. The second kappa shape index (κ2) is 9.97. The standard InChI is InChI=1S/C21H22F7NO2/c22-18-3-1-2-17(9-18)19(30,4-5-29)13-31-12-16-7-14(10-20(23,24)25)6-15(8-16)11-21(26,27)28/h1-3,6-9,30H,4-5,10-13,29H2. The number of hydrogen-bond acceptors (Lipinski definition) is 3. The highest BCUT2D eigenvalue weighted by atomic mass is 19.4. The number of hydrogen-bond donors (Lipinski definition) is 2. The van der Waals surface area contributed by atoms with Crippen LogP contribution in [-0.4, -0.2) is 30.6 Å². The third-order valence-electron chi connectivity index (χ3n) is 4.45. The van der Waals surface area contributed by atoms with E-state index in [9.17, 15) is 35.8 Å². The van der Waals surface area contributed by atoms with E-state index in [0.29, 0.717) is 0 Å². The van der Waals surface area contributed by atoms with Gasteiger partial charge in [-0.3, -0.25) is 0 Å². The summed E-state index contributed by atoms with van der Waals surface area (Å²) in [4.78, 5) is 0. The molecule has 0 saturated heterocycles. The normalized spacial score (nSPS) is 14.5. The smallest absolute Gasteiger partial charge is 0.383 e. The first kappa shape index (κ1) is 25.1. The van der Waals surface area contributed by atoms with Crippen LogP contribution in [0, 0.1) is 5.82 Å². The zero-order valence-corrected chi connectivity index (χ0v) is 16.4. The van der Waals surface area contributed by atoms with Crippen molar-refractivity contribution in [2.24, 2.45) is 5.73 Å². The molecule has 0 bridgehead atoms. The highest BCUT2D eigenvalue weighted by molar-refractivity contribution is 5.31. The summed E-state index contributed by atoms with van der Waals surface area (Å²) >= 11 is 0. The fraction of sp³-hybridized carbons (Fsp3) is 0.429. The fourth-order valence-electron chi connectivity index (χ4n) is 3.24. The molecule has 172 valence electrons. The van der Waals surface area contributed by atoms with Crippen molar-refractivity contribution in [1.29, 1.82) is 0 Å². The van der Waals surface area contributed by atoms with Crippen LogP contribution in [0.5, 0.6) is 0 Å². The van der Waals surface area contributed by atoms with Crippen molar-refractivity contribution in [2.75, 3.05) is 13.2 Å². The van der Waals surface area contributed by atoms with E-state index in [1.165, 1.54) is 18.2 Å². The minimum absolute atomic E-state index is 0.00386. The predicted octanol–water partition coefficient (Wildman–Crippen LogP) is 4.79. The van der Waals surface area contributed by atoms with Crippen LogP contribution in [0.15, 0.2) is 42.5 Å². The summed E-state index contributed by atoms with van der Waals surface area (Å²) in [5.41, 5.74) is 3.48. The largest absolute Gasteiger partial charge is 0.393 e. The van der Waals surface area contributed by atoms with Crippen LogP contribution >= 0.6 is 0 Å². The van der Waals surface area contributed by atoms with Gasteiger partial charge in [0.05, 0.1) is 26.1 Å². The Bertz CT molecular complexity index is 833. The summed E-state index contributed by atoms with van der Waals surface area (Å²) in [5, 5.41) is 10.8. The number of aliphatic hydroxyl groups is 1. The molecule has 0 fully saturated rings. The summed E-state index contributed by atoms with van der Waals surface area (Å²) in [6.07, 6.45) is -11.9. The minimum Gasteiger partial charge on any atom is -0.383 e. The maximum Gasteiger partial charge on any atom is 0.393 e. The number of halogens is 7. The number of benzene rings is 2. The monoisotopic (exact) mass is 453 g/mol. The molecule has 0 radical (unpaired) electrons. The van der Waals surface area contributed by atoms with Gasteiger partial charge in [-0.15, -0.1) is 0 Å². The Hall–Kier alpha value is -2.17. The predicted molar refractivity (Wildman–Crippen MR) is 99.6 cm³/mol. The van der Waals surface area contributed by atoms with Gasteiger partial charge in [0.1, 0.15) is 11.4 Å². The van der Waals surface area contributed by atoms with E-state index < -0.39 is 36.6 Å². The van der Waals surface area contributed by atoms with Gasteiger partial charge >= 0.3 is 12.4 Å². The first-order chi connectivity index (χ1) is 14.3. The van der Waals surface area contributed by atoms with E-state index in [4.69, 9.17) is 10.5 Å². The Balaban J connectivity index is 2.19. The number of nitrogens with two attached hydrogens (primary N) is 1. The van der Waals surface area contributed by atoms with E-state index in [1.54, 1.807) is 0 Å². The van der Waals surface area contributed by atoms with Gasteiger partial charge in [0.15, 0.2) is 0 Å². The molecule has 0 aliphatic rings. The fourth-order valence-corrected chi connectivity index (χ4v) is 3.24. The van der Waals surface area contributed by atoms with Crippen LogP contribution in [0.2, 0.25) is 0 Å². The maximum absolute atomic E-state index is 13.5. The molecule has 1 atom stereocenters. The molecule has 2 aromatic rings. The Kier molecular flexibility index (Phi) is 8.07. The van der Waals surface area contributed by atoms with Crippen LogP contribution in [0.4, 0.5) is 30.7 Å². The first-order valence-electron chi connectivity index (χ1n) is 9.31. The molecular weight excluding hydrogens is 431 g/mol. The molecule has 31 heavy (non-hydrogen) atoms. The molecule has 0 heterocycles. The maximum atomic E-state index is 13.5. The summed E-state index contributed by atoms with van der Waals surface area (Å²) in [7, 11) is 0. The first-order valence-corrected chi connectivity index (χ1v) is 9.31. The van der Waals surface area contributed by atoms with E-state index in [-0.39, 0.29) is 48.4 Å². The van der Waals surface area contributed by atoms with Gasteiger partial charge in [0.25, 0.3) is 0 Å². The SMILES string of the molecule is NCCC(O)(COCc1cc(CC(F)(F)F)cc(CC(F)(F)F)c1)c1cccc(F)c1. The molecule has 0 saturated carbocycles. The third kappa shape index (κ3) is 8.47. The molecule has 2 aromatic carbocycles. The van der Waals surface area contributed by atoms with Gasteiger partial charge in [-0.25, -0.2) is 4.39 Å². The molecule has 0 spiro atoms. The van der Waals surface area contributed by atoms with Gasteiger partial charge in [0, 0.05) is 0 Å². The van der Waals surface area contributed by atoms with Crippen molar-refractivity contribution < 1.29 is 40.6 Å². The van der Waals surface area contributed by atoms with Crippen molar-refractivity contribution in [1.82, 2.24) is 0 Å². The van der Waals surface area contributed by atoms with Crippen LogP contribution in [0.1, 0.15) is 28.7 Å². The summed E-state index contributed by atoms with van der Waals surface area (Å²) in [6.45, 7) is -0.697. The van der Waals surface area contributed by atoms with E-state index >= 15 is 0 Å². The number of alkyl halides is 6. The molecule has 0 amide bonds. The van der Waals surface area contributed by atoms with Crippen molar-refractivity contribution >= 4 is 0 Å². The summed E-state index contributed by atoms with van der Waals surface area (Å²) in [5.74, 6) is -0.593. The Morgan fingerprint density at radius 3 is 1.87 bits per heavy atom. The molecule has 1 unspecified atom stereocenters. The lowest BCUT2D eigenvalue weighted by Crippen LogP contribution is -2.34. The van der Waals surface area contributed by atoms with Crippen LogP contribution in [-0.2, 0) is 29.8 Å². The second-order valence-electron chi connectivity index (χ2n) is 7.32. The number of ether oxygens (including phenoxy) is 1. The van der Waals surface area contributed by atoms with E-state index in [0.717, 1.165) is 24.3 Å². The lowest BCUT2D eigenvalue weighted by Gasteiger charge is -2.28. The molecule has 0 aliphatic heterocycles. The van der Waals surface area contributed by atoms with Crippen molar-refractivity contribution in [3.8, 4) is 0 Å². The molecule has 3 N–H and O–H groups in total. The minimum atomic E-state index is -4.59. The average Bonchev–Trinajstić information content (AvgIpc) is 2.58. The molecule has 10 heteroatoms. The lowest BCUT2D eigenvalue weighted by atomic mass is 9.91. The van der Waals surface area contributed by atoms with Crippen molar-refractivity contribution in [3.63, 3.8) is 0 Å². The molecule has 2 rings (SSSR count). The lowest BCUT2D eigenvalue weighted by molar-refractivity contribution is -0.127. The number of rotatable bonds is 9. The van der Waals surface area contributed by atoms with E-state index in [2.05, 4.69) is 0 Å².